The summed E-state index contributed by atoms with van der Waals surface area (Å²) in [4.78, 5) is 0. The first-order valence-corrected chi connectivity index (χ1v) is 6.40. The summed E-state index contributed by atoms with van der Waals surface area (Å²) < 4.78 is 5.63. The highest BCUT2D eigenvalue weighted by Gasteiger charge is 1.94. The van der Waals surface area contributed by atoms with Gasteiger partial charge in [0, 0.05) is 6.54 Å². The molecule has 3 nitrogen and oxygen atoms in total. The molecule has 0 saturated carbocycles. The van der Waals surface area contributed by atoms with Crippen molar-refractivity contribution in [3.8, 4) is 5.75 Å². The molecule has 0 saturated heterocycles. The number of aryl methyl sites for hydroxylation is 1. The van der Waals surface area contributed by atoms with Crippen LogP contribution >= 0.6 is 0 Å². The van der Waals surface area contributed by atoms with E-state index in [9.17, 15) is 0 Å². The standard InChI is InChI=1S/C14H23NO2/c1-2-13-5-7-14(8-6-13)17-12-4-3-9-15-10-11-16/h5-8,15-16H,2-4,9-12H2,1H3. The van der Waals surface area contributed by atoms with Crippen LogP contribution in [-0.4, -0.2) is 31.4 Å². The Balaban J connectivity index is 2.05. The molecule has 1 aromatic carbocycles. The summed E-state index contributed by atoms with van der Waals surface area (Å²) in [7, 11) is 0. The molecule has 0 heterocycles. The lowest BCUT2D eigenvalue weighted by Crippen LogP contribution is -2.19. The SMILES string of the molecule is CCc1ccc(OCCCCNCCO)cc1. The van der Waals surface area contributed by atoms with Crippen LogP contribution < -0.4 is 10.1 Å². The van der Waals surface area contributed by atoms with E-state index < -0.39 is 0 Å². The number of hydrogen-bond acceptors (Lipinski definition) is 3. The molecule has 0 aliphatic rings. The Kier molecular flexibility index (Phi) is 7.43. The normalized spacial score (nSPS) is 10.5. The van der Waals surface area contributed by atoms with Crippen LogP contribution in [0.3, 0.4) is 0 Å². The fourth-order valence-corrected chi connectivity index (χ4v) is 1.57. The van der Waals surface area contributed by atoms with Crippen molar-refractivity contribution in [2.75, 3.05) is 26.3 Å². The van der Waals surface area contributed by atoms with Gasteiger partial charge in [0.25, 0.3) is 0 Å². The molecule has 17 heavy (non-hydrogen) atoms. The molecule has 2 N–H and O–H groups in total. The molecule has 0 aliphatic heterocycles. The molecule has 3 heteroatoms. The minimum Gasteiger partial charge on any atom is -0.494 e. The van der Waals surface area contributed by atoms with Crippen LogP contribution in [0.4, 0.5) is 0 Å². The van der Waals surface area contributed by atoms with Crippen molar-refractivity contribution >= 4 is 0 Å². The van der Waals surface area contributed by atoms with Gasteiger partial charge < -0.3 is 15.2 Å². The number of hydrogen-bond donors (Lipinski definition) is 2. The van der Waals surface area contributed by atoms with Gasteiger partial charge in [0.1, 0.15) is 5.75 Å². The van der Waals surface area contributed by atoms with Crippen LogP contribution in [-0.2, 0) is 6.42 Å². The molecule has 96 valence electrons. The van der Waals surface area contributed by atoms with Crippen molar-refractivity contribution in [1.82, 2.24) is 5.32 Å². The van der Waals surface area contributed by atoms with E-state index in [0.29, 0.717) is 6.54 Å². The van der Waals surface area contributed by atoms with Gasteiger partial charge in [-0.2, -0.15) is 0 Å². The highest BCUT2D eigenvalue weighted by atomic mass is 16.5. The van der Waals surface area contributed by atoms with E-state index in [4.69, 9.17) is 9.84 Å². The molecule has 1 aromatic rings. The lowest BCUT2D eigenvalue weighted by atomic mass is 10.2. The van der Waals surface area contributed by atoms with E-state index in [2.05, 4.69) is 24.4 Å². The zero-order valence-corrected chi connectivity index (χ0v) is 10.6. The second-order valence-corrected chi connectivity index (χ2v) is 4.03. The molecule has 0 radical (unpaired) electrons. The summed E-state index contributed by atoms with van der Waals surface area (Å²) in [6.07, 6.45) is 3.18. The van der Waals surface area contributed by atoms with Crippen molar-refractivity contribution in [1.29, 1.82) is 0 Å². The summed E-state index contributed by atoms with van der Waals surface area (Å²) in [5, 5.41) is 11.7. The molecule has 0 fully saturated rings. The van der Waals surface area contributed by atoms with Gasteiger partial charge in [0.05, 0.1) is 13.2 Å². The fraction of sp³-hybridized carbons (Fsp3) is 0.571. The number of unbranched alkanes of at least 4 members (excludes halogenated alkanes) is 1. The second-order valence-electron chi connectivity index (χ2n) is 4.03. The van der Waals surface area contributed by atoms with Crippen LogP contribution in [0, 0.1) is 0 Å². The Morgan fingerprint density at radius 1 is 1.12 bits per heavy atom. The summed E-state index contributed by atoms with van der Waals surface area (Å²) in [5.41, 5.74) is 1.34. The molecular weight excluding hydrogens is 214 g/mol. The number of nitrogens with one attached hydrogen (secondary N) is 1. The van der Waals surface area contributed by atoms with Gasteiger partial charge in [-0.25, -0.2) is 0 Å². The van der Waals surface area contributed by atoms with E-state index in [-0.39, 0.29) is 6.61 Å². The largest absolute Gasteiger partial charge is 0.494 e. The molecule has 1 rings (SSSR count). The Morgan fingerprint density at radius 2 is 1.88 bits per heavy atom. The van der Waals surface area contributed by atoms with Gasteiger partial charge in [-0.3, -0.25) is 0 Å². The van der Waals surface area contributed by atoms with Crippen LogP contribution in [0.2, 0.25) is 0 Å². The Bertz CT molecular complexity index is 285. The Hall–Kier alpha value is -1.06. The number of rotatable bonds is 9. The van der Waals surface area contributed by atoms with E-state index >= 15 is 0 Å². The monoisotopic (exact) mass is 237 g/mol. The Labute approximate surface area is 104 Å². The minimum absolute atomic E-state index is 0.209. The zero-order valence-electron chi connectivity index (χ0n) is 10.6. The molecule has 0 aliphatic carbocycles. The first-order valence-electron chi connectivity index (χ1n) is 6.40. The quantitative estimate of drug-likeness (QED) is 0.645. The lowest BCUT2D eigenvalue weighted by molar-refractivity contribution is 0.286. The van der Waals surface area contributed by atoms with Gasteiger partial charge in [0.2, 0.25) is 0 Å². The first-order chi connectivity index (χ1) is 8.36. The highest BCUT2D eigenvalue weighted by molar-refractivity contribution is 5.27. The van der Waals surface area contributed by atoms with E-state index in [1.807, 2.05) is 12.1 Å². The average molecular weight is 237 g/mol. The number of aliphatic hydroxyl groups is 1. The molecule has 0 aromatic heterocycles. The van der Waals surface area contributed by atoms with Crippen LogP contribution in [0.5, 0.6) is 5.75 Å². The van der Waals surface area contributed by atoms with Gasteiger partial charge >= 0.3 is 0 Å². The first kappa shape index (κ1) is 14.0. The maximum atomic E-state index is 8.57. The van der Waals surface area contributed by atoms with Crippen molar-refractivity contribution in [3.63, 3.8) is 0 Å². The summed E-state index contributed by atoms with van der Waals surface area (Å²) >= 11 is 0. The molecule has 0 unspecified atom stereocenters. The third-order valence-corrected chi connectivity index (χ3v) is 2.64. The van der Waals surface area contributed by atoms with E-state index in [1.54, 1.807) is 0 Å². The fourth-order valence-electron chi connectivity index (χ4n) is 1.57. The predicted octanol–water partition coefficient (Wildman–Crippen LogP) is 1.99. The minimum atomic E-state index is 0.209. The van der Waals surface area contributed by atoms with Gasteiger partial charge in [-0.15, -0.1) is 0 Å². The number of aliphatic hydroxyl groups excluding tert-OH is 1. The zero-order chi connectivity index (χ0) is 12.3. The highest BCUT2D eigenvalue weighted by Crippen LogP contribution is 2.12. The summed E-state index contributed by atoms with van der Waals surface area (Å²) in [5.74, 6) is 0.950. The average Bonchev–Trinajstić information content (AvgIpc) is 2.38. The second kappa shape index (κ2) is 9.02. The van der Waals surface area contributed by atoms with Crippen molar-refractivity contribution in [3.05, 3.63) is 29.8 Å². The third kappa shape index (κ3) is 6.29. The Morgan fingerprint density at radius 3 is 2.53 bits per heavy atom. The van der Waals surface area contributed by atoms with Crippen LogP contribution in [0.25, 0.3) is 0 Å². The summed E-state index contributed by atoms with van der Waals surface area (Å²) in [6, 6.07) is 8.28. The molecule has 0 atom stereocenters. The van der Waals surface area contributed by atoms with Crippen molar-refractivity contribution < 1.29 is 9.84 Å². The number of ether oxygens (including phenoxy) is 1. The van der Waals surface area contributed by atoms with E-state index in [0.717, 1.165) is 38.2 Å². The lowest BCUT2D eigenvalue weighted by Gasteiger charge is -2.07. The van der Waals surface area contributed by atoms with Gasteiger partial charge in [0.15, 0.2) is 0 Å². The molecular formula is C14H23NO2. The smallest absolute Gasteiger partial charge is 0.119 e. The maximum Gasteiger partial charge on any atom is 0.119 e. The van der Waals surface area contributed by atoms with Crippen LogP contribution in [0.1, 0.15) is 25.3 Å². The topological polar surface area (TPSA) is 41.5 Å². The third-order valence-electron chi connectivity index (χ3n) is 2.64. The number of benzene rings is 1. The maximum absolute atomic E-state index is 8.57. The molecule has 0 amide bonds. The van der Waals surface area contributed by atoms with Crippen molar-refractivity contribution in [2.24, 2.45) is 0 Å². The van der Waals surface area contributed by atoms with Gasteiger partial charge in [-0.05, 0) is 43.5 Å². The van der Waals surface area contributed by atoms with Crippen LogP contribution in [0.15, 0.2) is 24.3 Å². The summed E-state index contributed by atoms with van der Waals surface area (Å²) in [6.45, 7) is 4.74. The van der Waals surface area contributed by atoms with Gasteiger partial charge in [-0.1, -0.05) is 19.1 Å². The molecule has 0 spiro atoms. The van der Waals surface area contributed by atoms with Crippen molar-refractivity contribution in [2.45, 2.75) is 26.2 Å². The van der Waals surface area contributed by atoms with E-state index in [1.165, 1.54) is 5.56 Å². The predicted molar refractivity (Wildman–Crippen MR) is 70.5 cm³/mol. The molecule has 0 bridgehead atoms.